The van der Waals surface area contributed by atoms with Gasteiger partial charge in [-0.15, -0.1) is 0 Å². The van der Waals surface area contributed by atoms with Gasteiger partial charge in [0.2, 0.25) is 10.0 Å². The molecule has 6 nitrogen and oxygen atoms in total. The summed E-state index contributed by atoms with van der Waals surface area (Å²) in [5, 5.41) is 9.02. The molecule has 2 rings (SSSR count). The Labute approximate surface area is 124 Å². The van der Waals surface area contributed by atoms with Crippen molar-refractivity contribution in [3.63, 3.8) is 0 Å². The third-order valence-corrected chi connectivity index (χ3v) is 5.14. The first-order valence-corrected chi connectivity index (χ1v) is 7.95. The van der Waals surface area contributed by atoms with Gasteiger partial charge in [0.25, 0.3) is 0 Å². The lowest BCUT2D eigenvalue weighted by atomic mass is 10.3. The van der Waals surface area contributed by atoms with E-state index in [1.807, 2.05) is 18.2 Å². The Morgan fingerprint density at radius 1 is 1.38 bits per heavy atom. The van der Waals surface area contributed by atoms with Gasteiger partial charge in [-0.05, 0) is 19.1 Å². The molecule has 7 heteroatoms. The normalized spacial score (nSPS) is 12.0. The molecule has 114 valence electrons. The van der Waals surface area contributed by atoms with Crippen molar-refractivity contribution in [3.8, 4) is 0 Å². The highest BCUT2D eigenvalue weighted by molar-refractivity contribution is 7.89. The summed E-state index contributed by atoms with van der Waals surface area (Å²) in [6, 6.07) is 6.90. The van der Waals surface area contributed by atoms with E-state index in [0.717, 1.165) is 5.69 Å². The highest BCUT2D eigenvalue weighted by atomic mass is 32.2. The molecular weight excluding hydrogens is 292 g/mol. The summed E-state index contributed by atoms with van der Waals surface area (Å²) in [4.78, 5) is 4.26. The average Bonchev–Trinajstić information content (AvgIpc) is 2.87. The molecule has 0 unspecified atom stereocenters. The number of hydrogen-bond donors (Lipinski definition) is 1. The van der Waals surface area contributed by atoms with Crippen LogP contribution in [0.25, 0.3) is 0 Å². The lowest BCUT2D eigenvalue weighted by molar-refractivity contribution is 0.244. The third-order valence-electron chi connectivity index (χ3n) is 3.18. The minimum atomic E-state index is -3.63. The van der Waals surface area contributed by atoms with Gasteiger partial charge in [0.05, 0.1) is 0 Å². The molecule has 0 bridgehead atoms. The molecule has 0 saturated carbocycles. The van der Waals surface area contributed by atoms with E-state index < -0.39 is 10.0 Å². The second kappa shape index (κ2) is 6.38. The Kier molecular flexibility index (Phi) is 4.76. The molecule has 0 aromatic carbocycles. The summed E-state index contributed by atoms with van der Waals surface area (Å²) in [5.74, 6) is 0.521. The lowest BCUT2D eigenvalue weighted by Crippen LogP contribution is -2.29. The number of nitrogens with zero attached hydrogens (tertiary/aromatic N) is 2. The highest BCUT2D eigenvalue weighted by Gasteiger charge is 2.25. The topological polar surface area (TPSA) is 83.6 Å². The Morgan fingerprint density at radius 2 is 2.14 bits per heavy atom. The fourth-order valence-corrected chi connectivity index (χ4v) is 3.32. The zero-order chi connectivity index (χ0) is 15.5. The van der Waals surface area contributed by atoms with Crippen LogP contribution in [-0.4, -0.2) is 36.4 Å². The number of furan rings is 1. The molecule has 0 saturated heterocycles. The van der Waals surface area contributed by atoms with Crippen LogP contribution in [0.5, 0.6) is 0 Å². The average molecular weight is 310 g/mol. The van der Waals surface area contributed by atoms with Gasteiger partial charge in [0.15, 0.2) is 0 Å². The number of aromatic nitrogens is 1. The number of hydrogen-bond acceptors (Lipinski definition) is 5. The highest BCUT2D eigenvalue weighted by Crippen LogP contribution is 2.23. The van der Waals surface area contributed by atoms with Gasteiger partial charge in [0, 0.05) is 38.0 Å². The number of rotatable bonds is 6. The number of aryl methyl sites for hydroxylation is 1. The van der Waals surface area contributed by atoms with Crippen LogP contribution in [0, 0.1) is 6.92 Å². The molecule has 1 N–H and O–H groups in total. The summed E-state index contributed by atoms with van der Waals surface area (Å²) < 4.78 is 31.4. The molecule has 0 aliphatic rings. The molecule has 2 aromatic heterocycles. The maximum Gasteiger partial charge on any atom is 0.246 e. The van der Waals surface area contributed by atoms with E-state index in [1.54, 1.807) is 13.1 Å². The van der Waals surface area contributed by atoms with Crippen LogP contribution in [0.1, 0.15) is 17.2 Å². The summed E-state index contributed by atoms with van der Waals surface area (Å²) >= 11 is 0. The van der Waals surface area contributed by atoms with Crippen LogP contribution in [0.15, 0.2) is 39.8 Å². The minimum Gasteiger partial charge on any atom is -0.462 e. The van der Waals surface area contributed by atoms with Crippen LogP contribution in [0.3, 0.4) is 0 Å². The van der Waals surface area contributed by atoms with Crippen molar-refractivity contribution in [3.05, 3.63) is 47.7 Å². The largest absolute Gasteiger partial charge is 0.462 e. The number of aliphatic hydroxyl groups excluding tert-OH is 1. The molecule has 0 aliphatic carbocycles. The number of aliphatic hydroxyl groups is 1. The maximum atomic E-state index is 12.5. The van der Waals surface area contributed by atoms with Crippen LogP contribution in [0.2, 0.25) is 0 Å². The number of likely N-dealkylation sites (N-methyl/N-ethyl adjacent to an activating group) is 1. The third kappa shape index (κ3) is 3.49. The van der Waals surface area contributed by atoms with Crippen molar-refractivity contribution in [2.24, 2.45) is 0 Å². The molecular formula is C14H18N2O4S. The molecule has 0 aliphatic heterocycles. The van der Waals surface area contributed by atoms with Crippen molar-refractivity contribution in [2.75, 3.05) is 13.6 Å². The number of sulfonamides is 1. The molecule has 0 radical (unpaired) electrons. The first-order valence-electron chi connectivity index (χ1n) is 6.51. The van der Waals surface area contributed by atoms with Gasteiger partial charge >= 0.3 is 0 Å². The van der Waals surface area contributed by atoms with Crippen LogP contribution < -0.4 is 0 Å². The maximum absolute atomic E-state index is 12.5. The summed E-state index contributed by atoms with van der Waals surface area (Å²) in [6.45, 7) is 1.56. The fraction of sp³-hybridized carbons (Fsp3) is 0.357. The van der Waals surface area contributed by atoms with Crippen molar-refractivity contribution in [1.29, 1.82) is 0 Å². The van der Waals surface area contributed by atoms with Crippen molar-refractivity contribution in [2.45, 2.75) is 24.8 Å². The van der Waals surface area contributed by atoms with Gasteiger partial charge in [-0.1, -0.05) is 6.07 Å². The molecule has 0 spiro atoms. The zero-order valence-electron chi connectivity index (χ0n) is 12.0. The SMILES string of the molecule is Cc1oc(CO)cc1S(=O)(=O)N(C)CCc1ccccn1. The van der Waals surface area contributed by atoms with E-state index in [-0.39, 0.29) is 23.0 Å². The van der Waals surface area contributed by atoms with E-state index in [1.165, 1.54) is 17.4 Å². The Hall–Kier alpha value is -1.70. The summed E-state index contributed by atoms with van der Waals surface area (Å²) in [6.07, 6.45) is 2.21. The quantitative estimate of drug-likeness (QED) is 0.870. The Morgan fingerprint density at radius 3 is 2.71 bits per heavy atom. The predicted molar refractivity (Wildman–Crippen MR) is 77.1 cm³/mol. The van der Waals surface area contributed by atoms with Crippen molar-refractivity contribution >= 4 is 10.0 Å². The van der Waals surface area contributed by atoms with E-state index in [4.69, 9.17) is 9.52 Å². The smallest absolute Gasteiger partial charge is 0.246 e. The zero-order valence-corrected chi connectivity index (χ0v) is 12.8. The molecule has 2 aromatic rings. The predicted octanol–water partition coefficient (Wildman–Crippen LogP) is 1.34. The van der Waals surface area contributed by atoms with Gasteiger partial charge in [-0.2, -0.15) is 0 Å². The molecule has 0 fully saturated rings. The summed E-state index contributed by atoms with van der Waals surface area (Å²) in [7, 11) is -2.11. The van der Waals surface area contributed by atoms with Crippen LogP contribution >= 0.6 is 0 Å². The van der Waals surface area contributed by atoms with E-state index >= 15 is 0 Å². The van der Waals surface area contributed by atoms with E-state index in [9.17, 15) is 8.42 Å². The fourth-order valence-electron chi connectivity index (χ4n) is 1.96. The molecule has 2 heterocycles. The minimum absolute atomic E-state index is 0.0927. The van der Waals surface area contributed by atoms with Gasteiger partial charge in [0.1, 0.15) is 23.0 Å². The monoisotopic (exact) mass is 310 g/mol. The standard InChI is InChI=1S/C14H18N2O4S/c1-11-14(9-13(10-17)20-11)21(18,19)16(2)8-6-12-5-3-4-7-15-12/h3-5,7,9,17H,6,8,10H2,1-2H3. The van der Waals surface area contributed by atoms with Crippen molar-refractivity contribution in [1.82, 2.24) is 9.29 Å². The van der Waals surface area contributed by atoms with Gasteiger partial charge in [-0.25, -0.2) is 12.7 Å². The van der Waals surface area contributed by atoms with Crippen LogP contribution in [0.4, 0.5) is 0 Å². The second-order valence-electron chi connectivity index (χ2n) is 4.69. The van der Waals surface area contributed by atoms with Crippen LogP contribution in [-0.2, 0) is 23.1 Å². The summed E-state index contributed by atoms with van der Waals surface area (Å²) in [5.41, 5.74) is 0.833. The number of pyridine rings is 1. The van der Waals surface area contributed by atoms with E-state index in [2.05, 4.69) is 4.98 Å². The molecule has 21 heavy (non-hydrogen) atoms. The lowest BCUT2D eigenvalue weighted by Gasteiger charge is -2.16. The van der Waals surface area contributed by atoms with Gasteiger partial charge in [-0.3, -0.25) is 4.98 Å². The van der Waals surface area contributed by atoms with E-state index in [0.29, 0.717) is 13.0 Å². The first kappa shape index (κ1) is 15.7. The van der Waals surface area contributed by atoms with Crippen molar-refractivity contribution < 1.29 is 17.9 Å². The Balaban J connectivity index is 2.13. The molecule has 0 amide bonds. The van der Waals surface area contributed by atoms with Gasteiger partial charge < -0.3 is 9.52 Å². The first-order chi connectivity index (χ1) is 9.95. The second-order valence-corrected chi connectivity index (χ2v) is 6.70. The molecule has 0 atom stereocenters. The Bertz CT molecular complexity index is 695.